The molecule has 0 amide bonds. The van der Waals surface area contributed by atoms with E-state index in [1.54, 1.807) is 6.20 Å². The van der Waals surface area contributed by atoms with E-state index < -0.39 is 0 Å². The summed E-state index contributed by atoms with van der Waals surface area (Å²) in [5.41, 5.74) is 2.21. The molecule has 0 bridgehead atoms. The number of hydrogen-bond acceptors (Lipinski definition) is 4. The number of anilines is 1. The lowest BCUT2D eigenvalue weighted by atomic mass is 10.0. The lowest BCUT2D eigenvalue weighted by Gasteiger charge is -2.10. The van der Waals surface area contributed by atoms with Gasteiger partial charge in [0.15, 0.2) is 0 Å². The van der Waals surface area contributed by atoms with Crippen LogP contribution in [0, 0.1) is 6.92 Å². The highest BCUT2D eigenvalue weighted by atomic mass is 16.5. The molecular formula is C16H21N3O. The lowest BCUT2D eigenvalue weighted by molar-refractivity contribution is 0.458. The Morgan fingerprint density at radius 3 is 2.50 bits per heavy atom. The summed E-state index contributed by atoms with van der Waals surface area (Å²) in [6.07, 6.45) is 1.77. The van der Waals surface area contributed by atoms with Gasteiger partial charge in [-0.1, -0.05) is 26.0 Å². The molecule has 0 spiro atoms. The summed E-state index contributed by atoms with van der Waals surface area (Å²) in [5.74, 6) is 2.49. The second-order valence-electron chi connectivity index (χ2n) is 5.04. The predicted octanol–water partition coefficient (Wildman–Crippen LogP) is 4.13. The summed E-state index contributed by atoms with van der Waals surface area (Å²) in [5, 5.41) is 3.08. The molecular weight excluding hydrogens is 250 g/mol. The van der Waals surface area contributed by atoms with Crippen LogP contribution in [-0.4, -0.2) is 16.5 Å². The third-order valence-corrected chi connectivity index (χ3v) is 3.02. The van der Waals surface area contributed by atoms with E-state index in [-0.39, 0.29) is 0 Å². The SMILES string of the molecule is CCNc1ncc(C)c(Oc2ccc(C(C)C)cc2)n1. The van der Waals surface area contributed by atoms with E-state index in [2.05, 4.69) is 41.3 Å². The van der Waals surface area contributed by atoms with Gasteiger partial charge in [0.2, 0.25) is 11.8 Å². The highest BCUT2D eigenvalue weighted by Crippen LogP contribution is 2.25. The van der Waals surface area contributed by atoms with Crippen LogP contribution >= 0.6 is 0 Å². The van der Waals surface area contributed by atoms with Crippen LogP contribution in [-0.2, 0) is 0 Å². The van der Waals surface area contributed by atoms with Crippen LogP contribution in [0.4, 0.5) is 5.95 Å². The van der Waals surface area contributed by atoms with Crippen LogP contribution in [0.15, 0.2) is 30.5 Å². The monoisotopic (exact) mass is 271 g/mol. The number of aryl methyl sites for hydroxylation is 1. The van der Waals surface area contributed by atoms with Gasteiger partial charge in [0.1, 0.15) is 5.75 Å². The Morgan fingerprint density at radius 2 is 1.90 bits per heavy atom. The second kappa shape index (κ2) is 6.37. The van der Waals surface area contributed by atoms with Crippen LogP contribution in [0.3, 0.4) is 0 Å². The summed E-state index contributed by atoms with van der Waals surface area (Å²) in [6, 6.07) is 8.12. The van der Waals surface area contributed by atoms with E-state index in [1.165, 1.54) is 5.56 Å². The van der Waals surface area contributed by atoms with Crippen LogP contribution < -0.4 is 10.1 Å². The number of rotatable bonds is 5. The molecule has 0 unspecified atom stereocenters. The molecule has 0 aliphatic heterocycles. The van der Waals surface area contributed by atoms with Gasteiger partial charge in [0.25, 0.3) is 0 Å². The molecule has 1 aromatic heterocycles. The standard InChI is InChI=1S/C16H21N3O/c1-5-17-16-18-10-12(4)15(19-16)20-14-8-6-13(7-9-14)11(2)3/h6-11H,5H2,1-4H3,(H,17,18,19). The van der Waals surface area contributed by atoms with Crippen molar-refractivity contribution in [3.05, 3.63) is 41.6 Å². The fraction of sp³-hybridized carbons (Fsp3) is 0.375. The number of nitrogens with one attached hydrogen (secondary N) is 1. The van der Waals surface area contributed by atoms with Gasteiger partial charge in [-0.2, -0.15) is 4.98 Å². The Balaban J connectivity index is 2.18. The molecule has 20 heavy (non-hydrogen) atoms. The number of aromatic nitrogens is 2. The van der Waals surface area contributed by atoms with Crippen molar-refractivity contribution in [3.8, 4) is 11.6 Å². The maximum absolute atomic E-state index is 5.84. The molecule has 0 saturated carbocycles. The van der Waals surface area contributed by atoms with Gasteiger partial charge in [-0.05, 0) is 37.5 Å². The first-order chi connectivity index (χ1) is 9.60. The molecule has 1 N–H and O–H groups in total. The Labute approximate surface area is 120 Å². The molecule has 0 aliphatic rings. The van der Waals surface area contributed by atoms with Crippen molar-refractivity contribution in [3.63, 3.8) is 0 Å². The Kier molecular flexibility index (Phi) is 4.56. The maximum Gasteiger partial charge on any atom is 0.226 e. The molecule has 1 aromatic carbocycles. The molecule has 0 fully saturated rings. The minimum Gasteiger partial charge on any atom is -0.439 e. The number of ether oxygens (including phenoxy) is 1. The molecule has 4 heteroatoms. The van der Waals surface area contributed by atoms with E-state index in [4.69, 9.17) is 4.74 Å². The highest BCUT2D eigenvalue weighted by molar-refractivity contribution is 5.37. The Hall–Kier alpha value is -2.10. The minimum absolute atomic E-state index is 0.519. The summed E-state index contributed by atoms with van der Waals surface area (Å²) >= 11 is 0. The van der Waals surface area contributed by atoms with Gasteiger partial charge in [0, 0.05) is 18.3 Å². The van der Waals surface area contributed by atoms with E-state index >= 15 is 0 Å². The van der Waals surface area contributed by atoms with Gasteiger partial charge < -0.3 is 10.1 Å². The summed E-state index contributed by atoms with van der Waals surface area (Å²) < 4.78 is 5.84. The van der Waals surface area contributed by atoms with Crippen LogP contribution in [0.5, 0.6) is 11.6 Å². The van der Waals surface area contributed by atoms with Crippen molar-refractivity contribution in [2.75, 3.05) is 11.9 Å². The number of benzene rings is 1. The third kappa shape index (κ3) is 3.47. The summed E-state index contributed by atoms with van der Waals surface area (Å²) in [7, 11) is 0. The summed E-state index contributed by atoms with van der Waals surface area (Å²) in [4.78, 5) is 8.58. The van der Waals surface area contributed by atoms with E-state index in [9.17, 15) is 0 Å². The summed E-state index contributed by atoms with van der Waals surface area (Å²) in [6.45, 7) is 9.08. The smallest absolute Gasteiger partial charge is 0.226 e. The van der Waals surface area contributed by atoms with Gasteiger partial charge in [-0.3, -0.25) is 0 Å². The molecule has 0 atom stereocenters. The highest BCUT2D eigenvalue weighted by Gasteiger charge is 2.06. The topological polar surface area (TPSA) is 47.0 Å². The van der Waals surface area contributed by atoms with Crippen LogP contribution in [0.1, 0.15) is 37.8 Å². The van der Waals surface area contributed by atoms with Crippen molar-refractivity contribution in [2.24, 2.45) is 0 Å². The molecule has 0 radical (unpaired) electrons. The zero-order valence-corrected chi connectivity index (χ0v) is 12.5. The largest absolute Gasteiger partial charge is 0.439 e. The van der Waals surface area contributed by atoms with Gasteiger partial charge in [-0.15, -0.1) is 0 Å². The van der Waals surface area contributed by atoms with Crippen molar-refractivity contribution in [2.45, 2.75) is 33.6 Å². The first kappa shape index (κ1) is 14.3. The average molecular weight is 271 g/mol. The van der Waals surface area contributed by atoms with Gasteiger partial charge >= 0.3 is 0 Å². The van der Waals surface area contributed by atoms with Gasteiger partial charge in [0.05, 0.1) is 0 Å². The lowest BCUT2D eigenvalue weighted by Crippen LogP contribution is -2.03. The zero-order chi connectivity index (χ0) is 14.5. The van der Waals surface area contributed by atoms with Crippen molar-refractivity contribution < 1.29 is 4.74 Å². The predicted molar refractivity (Wildman–Crippen MR) is 81.5 cm³/mol. The van der Waals surface area contributed by atoms with Crippen molar-refractivity contribution in [1.82, 2.24) is 9.97 Å². The molecule has 106 valence electrons. The quantitative estimate of drug-likeness (QED) is 0.888. The van der Waals surface area contributed by atoms with Crippen molar-refractivity contribution >= 4 is 5.95 Å². The van der Waals surface area contributed by atoms with E-state index in [0.717, 1.165) is 17.9 Å². The van der Waals surface area contributed by atoms with E-state index in [1.807, 2.05) is 26.0 Å². The first-order valence-electron chi connectivity index (χ1n) is 6.95. The minimum atomic E-state index is 0.519. The molecule has 0 saturated heterocycles. The molecule has 1 heterocycles. The third-order valence-electron chi connectivity index (χ3n) is 3.02. The average Bonchev–Trinajstić information content (AvgIpc) is 2.43. The number of nitrogens with zero attached hydrogens (tertiary/aromatic N) is 2. The normalized spacial score (nSPS) is 10.7. The molecule has 0 aliphatic carbocycles. The molecule has 2 aromatic rings. The van der Waals surface area contributed by atoms with E-state index in [0.29, 0.717) is 17.7 Å². The van der Waals surface area contributed by atoms with Gasteiger partial charge in [-0.25, -0.2) is 4.98 Å². The number of hydrogen-bond donors (Lipinski definition) is 1. The van der Waals surface area contributed by atoms with Crippen molar-refractivity contribution in [1.29, 1.82) is 0 Å². The zero-order valence-electron chi connectivity index (χ0n) is 12.5. The second-order valence-corrected chi connectivity index (χ2v) is 5.04. The Bertz CT molecular complexity index is 564. The first-order valence-corrected chi connectivity index (χ1v) is 6.95. The fourth-order valence-electron chi connectivity index (χ4n) is 1.81. The van der Waals surface area contributed by atoms with Crippen LogP contribution in [0.2, 0.25) is 0 Å². The molecule has 4 nitrogen and oxygen atoms in total. The maximum atomic E-state index is 5.84. The van der Waals surface area contributed by atoms with Crippen LogP contribution in [0.25, 0.3) is 0 Å². The fourth-order valence-corrected chi connectivity index (χ4v) is 1.81. The molecule has 2 rings (SSSR count). The Morgan fingerprint density at radius 1 is 1.20 bits per heavy atom.